The minimum absolute atomic E-state index is 0.308. The molecule has 0 radical (unpaired) electrons. The normalized spacial score (nSPS) is 12.6. The molecule has 4 nitrogen and oxygen atoms in total. The first-order valence-electron chi connectivity index (χ1n) is 8.08. The topological polar surface area (TPSA) is 57.6 Å². The predicted octanol–water partition coefficient (Wildman–Crippen LogP) is 5.77. The number of rotatable bonds is 5. The third-order valence-electron chi connectivity index (χ3n) is 4.20. The molecule has 0 bridgehead atoms. The van der Waals surface area contributed by atoms with E-state index < -0.39 is 11.7 Å². The molecule has 0 spiro atoms. The lowest BCUT2D eigenvalue weighted by Crippen LogP contribution is -2.06. The maximum atomic E-state index is 12.6. The van der Waals surface area contributed by atoms with E-state index >= 15 is 0 Å². The van der Waals surface area contributed by atoms with Crippen LogP contribution in [-0.4, -0.2) is 22.5 Å². The zero-order valence-corrected chi connectivity index (χ0v) is 15.9. The summed E-state index contributed by atoms with van der Waals surface area (Å²) in [5.74, 6) is 0.598. The van der Waals surface area contributed by atoms with Crippen molar-refractivity contribution in [3.05, 3.63) is 63.8 Å². The summed E-state index contributed by atoms with van der Waals surface area (Å²) in [7, 11) is 0. The predicted molar refractivity (Wildman–Crippen MR) is 101 cm³/mol. The van der Waals surface area contributed by atoms with Crippen molar-refractivity contribution in [1.29, 1.82) is 0 Å². The highest BCUT2D eigenvalue weighted by Gasteiger charge is 2.29. The minimum Gasteiger partial charge on any atom is -0.492 e. The number of oxime groups is 1. The first-order chi connectivity index (χ1) is 12.8. The number of nitrogens with zero attached hydrogens (tertiary/aromatic N) is 1. The van der Waals surface area contributed by atoms with E-state index in [-0.39, 0.29) is 0 Å². The fourth-order valence-corrected chi connectivity index (χ4v) is 3.18. The highest BCUT2D eigenvalue weighted by atomic mass is 79.9. The van der Waals surface area contributed by atoms with Crippen LogP contribution < -0.4 is 4.74 Å². The Morgan fingerprint density at radius 2 is 1.93 bits per heavy atom. The maximum absolute atomic E-state index is 12.6. The number of aromatic amines is 1. The van der Waals surface area contributed by atoms with Crippen LogP contribution in [0.1, 0.15) is 23.6 Å². The SMILES string of the molecule is C/C(=N/O)c1c[nH]c2cc(Br)c(OCCc3ccc(C(F)(F)F)cc3)cc12. The third kappa shape index (κ3) is 4.27. The van der Waals surface area contributed by atoms with Crippen LogP contribution in [0.2, 0.25) is 0 Å². The molecular formula is C19H16BrF3N2O2. The highest BCUT2D eigenvalue weighted by molar-refractivity contribution is 9.10. The molecule has 27 heavy (non-hydrogen) atoms. The zero-order chi connectivity index (χ0) is 19.6. The van der Waals surface area contributed by atoms with Gasteiger partial charge in [0.25, 0.3) is 0 Å². The van der Waals surface area contributed by atoms with E-state index in [2.05, 4.69) is 26.1 Å². The Morgan fingerprint density at radius 3 is 2.56 bits per heavy atom. The quantitative estimate of drug-likeness (QED) is 0.300. The van der Waals surface area contributed by atoms with Crippen LogP contribution in [0, 0.1) is 0 Å². The molecule has 3 aromatic rings. The Hall–Kier alpha value is -2.48. The number of benzene rings is 2. The molecule has 1 aromatic heterocycles. The van der Waals surface area contributed by atoms with Crippen LogP contribution >= 0.6 is 15.9 Å². The molecular weight excluding hydrogens is 425 g/mol. The van der Waals surface area contributed by atoms with E-state index in [9.17, 15) is 13.2 Å². The molecule has 3 rings (SSSR count). The van der Waals surface area contributed by atoms with Gasteiger partial charge in [0.05, 0.1) is 22.4 Å². The summed E-state index contributed by atoms with van der Waals surface area (Å²) in [5, 5.41) is 13.1. The molecule has 2 aromatic carbocycles. The van der Waals surface area contributed by atoms with Crippen molar-refractivity contribution in [2.24, 2.45) is 5.16 Å². The fourth-order valence-electron chi connectivity index (χ4n) is 2.73. The molecule has 0 saturated carbocycles. The Balaban J connectivity index is 1.72. The Kier molecular flexibility index (Phi) is 5.46. The van der Waals surface area contributed by atoms with Gasteiger partial charge >= 0.3 is 6.18 Å². The van der Waals surface area contributed by atoms with Crippen LogP contribution in [0.15, 0.2) is 52.2 Å². The van der Waals surface area contributed by atoms with Crippen molar-refractivity contribution in [2.45, 2.75) is 19.5 Å². The number of fused-ring (bicyclic) bond motifs is 1. The second kappa shape index (κ2) is 7.64. The van der Waals surface area contributed by atoms with E-state index in [1.54, 1.807) is 13.1 Å². The fraction of sp³-hybridized carbons (Fsp3) is 0.211. The van der Waals surface area contributed by atoms with Crippen LogP contribution in [0.25, 0.3) is 10.9 Å². The molecule has 0 aliphatic carbocycles. The maximum Gasteiger partial charge on any atom is 0.416 e. The minimum atomic E-state index is -4.33. The highest BCUT2D eigenvalue weighted by Crippen LogP contribution is 2.32. The Bertz CT molecular complexity index is 979. The molecule has 0 aliphatic rings. The van der Waals surface area contributed by atoms with Gasteiger partial charge in [-0.2, -0.15) is 13.2 Å². The lowest BCUT2D eigenvalue weighted by Gasteiger charge is -2.10. The lowest BCUT2D eigenvalue weighted by molar-refractivity contribution is -0.137. The van der Waals surface area contributed by atoms with Crippen LogP contribution in [-0.2, 0) is 12.6 Å². The van der Waals surface area contributed by atoms with Gasteiger partial charge in [0.2, 0.25) is 0 Å². The largest absolute Gasteiger partial charge is 0.492 e. The van der Waals surface area contributed by atoms with Crippen LogP contribution in [0.5, 0.6) is 5.75 Å². The molecule has 0 amide bonds. The van der Waals surface area contributed by atoms with E-state index in [0.29, 0.717) is 24.5 Å². The van der Waals surface area contributed by atoms with Gasteiger partial charge in [-0.25, -0.2) is 0 Å². The number of nitrogens with one attached hydrogen (secondary N) is 1. The summed E-state index contributed by atoms with van der Waals surface area (Å²) in [6, 6.07) is 8.73. The van der Waals surface area contributed by atoms with Gasteiger partial charge in [-0.3, -0.25) is 0 Å². The van der Waals surface area contributed by atoms with Crippen LogP contribution in [0.3, 0.4) is 0 Å². The van der Waals surface area contributed by atoms with Gasteiger partial charge in [-0.1, -0.05) is 17.3 Å². The van der Waals surface area contributed by atoms with Crippen molar-refractivity contribution in [3.63, 3.8) is 0 Å². The van der Waals surface area contributed by atoms with Gasteiger partial charge in [0.1, 0.15) is 5.75 Å². The third-order valence-corrected chi connectivity index (χ3v) is 4.82. The van der Waals surface area contributed by atoms with Crippen molar-refractivity contribution in [2.75, 3.05) is 6.61 Å². The number of alkyl halides is 3. The number of ether oxygens (including phenoxy) is 1. The summed E-state index contributed by atoms with van der Waals surface area (Å²) in [6.45, 7) is 2.00. The molecule has 0 fully saturated rings. The Labute approximate surface area is 161 Å². The average molecular weight is 441 g/mol. The van der Waals surface area contributed by atoms with Gasteiger partial charge in [-0.15, -0.1) is 0 Å². The lowest BCUT2D eigenvalue weighted by atomic mass is 10.1. The molecule has 142 valence electrons. The number of halogens is 4. The monoisotopic (exact) mass is 440 g/mol. The first kappa shape index (κ1) is 19.3. The van der Waals surface area contributed by atoms with Gasteiger partial charge < -0.3 is 14.9 Å². The van der Waals surface area contributed by atoms with Crippen molar-refractivity contribution in [1.82, 2.24) is 4.98 Å². The smallest absolute Gasteiger partial charge is 0.416 e. The van der Waals surface area contributed by atoms with E-state index in [1.165, 1.54) is 12.1 Å². The standard InChI is InChI=1S/C19H16BrF3N2O2/c1-11(25-26)15-10-24-17-9-16(20)18(8-14(15)17)27-7-6-12-2-4-13(5-3-12)19(21,22)23/h2-5,8-10,24,26H,6-7H2,1H3/b25-11-. The second-order valence-electron chi connectivity index (χ2n) is 6.01. The summed E-state index contributed by atoms with van der Waals surface area (Å²) in [5.41, 5.74) is 2.17. The molecule has 0 aliphatic heterocycles. The molecule has 0 saturated heterocycles. The van der Waals surface area contributed by atoms with Crippen LogP contribution in [0.4, 0.5) is 13.2 Å². The second-order valence-corrected chi connectivity index (χ2v) is 6.86. The molecule has 1 heterocycles. The first-order valence-corrected chi connectivity index (χ1v) is 8.87. The van der Waals surface area contributed by atoms with E-state index in [0.717, 1.165) is 38.6 Å². The number of hydrogen-bond donors (Lipinski definition) is 2. The molecule has 0 atom stereocenters. The van der Waals surface area contributed by atoms with E-state index in [1.807, 2.05) is 12.1 Å². The molecule has 8 heteroatoms. The number of H-pyrrole nitrogens is 1. The van der Waals surface area contributed by atoms with Gasteiger partial charge in [0.15, 0.2) is 0 Å². The number of aromatic nitrogens is 1. The van der Waals surface area contributed by atoms with Crippen molar-refractivity contribution < 1.29 is 23.1 Å². The molecule has 0 unspecified atom stereocenters. The van der Waals surface area contributed by atoms with E-state index in [4.69, 9.17) is 9.94 Å². The average Bonchev–Trinajstić information content (AvgIpc) is 3.03. The zero-order valence-electron chi connectivity index (χ0n) is 14.3. The van der Waals surface area contributed by atoms with Gasteiger partial charge in [0, 0.05) is 29.1 Å². The van der Waals surface area contributed by atoms with Gasteiger partial charge in [-0.05, 0) is 52.7 Å². The summed E-state index contributed by atoms with van der Waals surface area (Å²) in [4.78, 5) is 3.10. The summed E-state index contributed by atoms with van der Waals surface area (Å²) in [6.07, 6.45) is -2.11. The number of hydrogen-bond acceptors (Lipinski definition) is 3. The summed E-state index contributed by atoms with van der Waals surface area (Å²) >= 11 is 3.45. The Morgan fingerprint density at radius 1 is 1.22 bits per heavy atom. The van der Waals surface area contributed by atoms with Crippen molar-refractivity contribution in [3.8, 4) is 5.75 Å². The van der Waals surface area contributed by atoms with Crippen molar-refractivity contribution >= 4 is 32.5 Å². The molecule has 2 N–H and O–H groups in total. The summed E-state index contributed by atoms with van der Waals surface area (Å²) < 4.78 is 44.3.